The lowest BCUT2D eigenvalue weighted by Crippen LogP contribution is -2.58. The van der Waals surface area contributed by atoms with E-state index in [9.17, 15) is 25.2 Å². The van der Waals surface area contributed by atoms with Gasteiger partial charge in [0.25, 0.3) is 0 Å². The topological polar surface area (TPSA) is 126 Å². The molecule has 166 valence electrons. The highest BCUT2D eigenvalue weighted by Gasteiger charge is 2.44. The van der Waals surface area contributed by atoms with E-state index in [0.29, 0.717) is 23.3 Å². The van der Waals surface area contributed by atoms with Gasteiger partial charge in [-0.25, -0.2) is 0 Å². The number of aromatic hydroxyl groups is 1. The fourth-order valence-electron chi connectivity index (χ4n) is 3.88. The molecule has 31 heavy (non-hydrogen) atoms. The van der Waals surface area contributed by atoms with Crippen LogP contribution in [0.4, 0.5) is 0 Å². The first-order chi connectivity index (χ1) is 14.8. The summed E-state index contributed by atoms with van der Waals surface area (Å²) in [6, 6.07) is 9.83. The Labute approximate surface area is 179 Å². The number of phenols is 1. The molecule has 2 aromatic rings. The summed E-state index contributed by atoms with van der Waals surface area (Å²) >= 11 is 0. The first-order valence-corrected chi connectivity index (χ1v) is 10.3. The third-order valence-electron chi connectivity index (χ3n) is 5.82. The summed E-state index contributed by atoms with van der Waals surface area (Å²) in [6.45, 7) is 3.57. The van der Waals surface area contributed by atoms with Gasteiger partial charge in [0.2, 0.25) is 6.29 Å². The second-order valence-corrected chi connectivity index (χ2v) is 7.98. The molecule has 4 N–H and O–H groups in total. The lowest BCUT2D eigenvalue weighted by molar-refractivity contribution is -0.272. The second kappa shape index (κ2) is 8.47. The van der Waals surface area contributed by atoms with Crippen molar-refractivity contribution in [2.75, 3.05) is 0 Å². The van der Waals surface area contributed by atoms with Gasteiger partial charge < -0.3 is 34.6 Å². The minimum absolute atomic E-state index is 0.101. The Morgan fingerprint density at radius 2 is 1.84 bits per heavy atom. The standard InChI is InChI=1S/C23H26O8/c1-3-17-20(26)21(27)22(28)23(31-17)29-13-6-7-14-16(25)10-18(30-19(14)9-13)12-5-4-11(2)15(24)8-12/h4-9,17-18,20-24,26-28H,3,10H2,1-2H3. The van der Waals surface area contributed by atoms with Crippen LogP contribution in [0.15, 0.2) is 36.4 Å². The molecule has 0 amide bonds. The zero-order chi connectivity index (χ0) is 22.3. The summed E-state index contributed by atoms with van der Waals surface area (Å²) in [4.78, 5) is 12.6. The average Bonchev–Trinajstić information content (AvgIpc) is 2.75. The van der Waals surface area contributed by atoms with Gasteiger partial charge in [-0.15, -0.1) is 0 Å². The van der Waals surface area contributed by atoms with Crippen LogP contribution < -0.4 is 9.47 Å². The number of hydrogen-bond donors (Lipinski definition) is 4. The van der Waals surface area contributed by atoms with Crippen LogP contribution in [0.3, 0.4) is 0 Å². The number of Topliss-reactive ketones (excluding diaryl/α,β-unsaturated/α-hetero) is 1. The average molecular weight is 430 g/mol. The summed E-state index contributed by atoms with van der Waals surface area (Å²) in [5.74, 6) is 0.626. The first-order valence-electron chi connectivity index (χ1n) is 10.3. The second-order valence-electron chi connectivity index (χ2n) is 7.98. The number of ketones is 1. The molecule has 0 bridgehead atoms. The summed E-state index contributed by atoms with van der Waals surface area (Å²) < 4.78 is 17.3. The van der Waals surface area contributed by atoms with E-state index >= 15 is 0 Å². The first kappa shape index (κ1) is 21.6. The molecule has 8 nitrogen and oxygen atoms in total. The van der Waals surface area contributed by atoms with E-state index in [2.05, 4.69) is 0 Å². The van der Waals surface area contributed by atoms with Crippen molar-refractivity contribution in [2.45, 2.75) is 63.5 Å². The minimum atomic E-state index is -1.44. The van der Waals surface area contributed by atoms with Crippen LogP contribution in [-0.4, -0.2) is 56.9 Å². The van der Waals surface area contributed by atoms with Crippen LogP contribution in [0, 0.1) is 6.92 Å². The largest absolute Gasteiger partial charge is 0.508 e. The molecular weight excluding hydrogens is 404 g/mol. The van der Waals surface area contributed by atoms with E-state index in [1.54, 1.807) is 38.1 Å². The fraction of sp³-hybridized carbons (Fsp3) is 0.435. The number of benzene rings is 2. The number of phenolic OH excluding ortho intramolecular Hbond substituents is 1. The van der Waals surface area contributed by atoms with E-state index in [0.717, 1.165) is 5.56 Å². The number of aryl methyl sites for hydroxylation is 1. The molecule has 2 aliphatic rings. The monoisotopic (exact) mass is 430 g/mol. The van der Waals surface area contributed by atoms with Crippen molar-refractivity contribution in [2.24, 2.45) is 0 Å². The van der Waals surface area contributed by atoms with Gasteiger partial charge in [-0.2, -0.15) is 0 Å². The number of carbonyl (C=O) groups is 1. The molecule has 1 fully saturated rings. The van der Waals surface area contributed by atoms with Crippen LogP contribution in [0.25, 0.3) is 0 Å². The fourth-order valence-corrected chi connectivity index (χ4v) is 3.88. The Morgan fingerprint density at radius 3 is 2.55 bits per heavy atom. The number of carbonyl (C=O) groups excluding carboxylic acids is 1. The SMILES string of the molecule is CCC1OC(Oc2ccc3c(c2)OC(c2ccc(C)c(O)c2)CC3=O)C(O)C(O)C1O. The zero-order valence-corrected chi connectivity index (χ0v) is 17.3. The molecule has 0 radical (unpaired) electrons. The normalized spacial score (nSPS) is 30.4. The van der Waals surface area contributed by atoms with Gasteiger partial charge in [-0.1, -0.05) is 19.1 Å². The molecule has 0 saturated carbocycles. The molecule has 0 aliphatic carbocycles. The van der Waals surface area contributed by atoms with Crippen molar-refractivity contribution in [1.29, 1.82) is 0 Å². The van der Waals surface area contributed by atoms with Crippen LogP contribution in [0.5, 0.6) is 17.2 Å². The number of rotatable bonds is 4. The van der Waals surface area contributed by atoms with E-state index in [4.69, 9.17) is 14.2 Å². The van der Waals surface area contributed by atoms with Crippen LogP contribution in [0.2, 0.25) is 0 Å². The Morgan fingerprint density at radius 1 is 1.06 bits per heavy atom. The maximum atomic E-state index is 12.6. The minimum Gasteiger partial charge on any atom is -0.508 e. The molecule has 0 spiro atoms. The number of aliphatic hydroxyl groups excluding tert-OH is 3. The van der Waals surface area contributed by atoms with Crippen molar-refractivity contribution in [3.8, 4) is 17.2 Å². The maximum absolute atomic E-state index is 12.6. The van der Waals surface area contributed by atoms with Crippen molar-refractivity contribution < 1.29 is 39.4 Å². The summed E-state index contributed by atoms with van der Waals surface area (Å²) in [6.07, 6.45) is -5.92. The number of aliphatic hydroxyl groups is 3. The van der Waals surface area contributed by atoms with E-state index < -0.39 is 36.8 Å². The molecule has 0 aromatic heterocycles. The maximum Gasteiger partial charge on any atom is 0.229 e. The number of ether oxygens (including phenoxy) is 3. The molecule has 2 aliphatic heterocycles. The lowest BCUT2D eigenvalue weighted by Gasteiger charge is -2.40. The molecule has 1 saturated heterocycles. The van der Waals surface area contributed by atoms with Gasteiger partial charge in [0.1, 0.15) is 41.7 Å². The van der Waals surface area contributed by atoms with Crippen molar-refractivity contribution >= 4 is 5.78 Å². The molecule has 2 aromatic carbocycles. The van der Waals surface area contributed by atoms with Crippen LogP contribution in [0.1, 0.15) is 47.4 Å². The van der Waals surface area contributed by atoms with E-state index in [-0.39, 0.29) is 23.7 Å². The quantitative estimate of drug-likeness (QED) is 0.580. The summed E-state index contributed by atoms with van der Waals surface area (Å²) in [7, 11) is 0. The molecular formula is C23H26O8. The van der Waals surface area contributed by atoms with Crippen LogP contribution in [-0.2, 0) is 4.74 Å². The van der Waals surface area contributed by atoms with Crippen LogP contribution >= 0.6 is 0 Å². The van der Waals surface area contributed by atoms with Gasteiger partial charge in [-0.05, 0) is 42.7 Å². The summed E-state index contributed by atoms with van der Waals surface area (Å²) in [5, 5.41) is 40.3. The van der Waals surface area contributed by atoms with Gasteiger partial charge in [0.05, 0.1) is 18.1 Å². The molecule has 6 atom stereocenters. The highest BCUT2D eigenvalue weighted by molar-refractivity contribution is 6.00. The molecule has 4 rings (SSSR count). The molecule has 6 unspecified atom stereocenters. The number of hydrogen-bond acceptors (Lipinski definition) is 8. The Kier molecular flexibility index (Phi) is 5.90. The number of fused-ring (bicyclic) bond motifs is 1. The predicted octanol–water partition coefficient (Wildman–Crippen LogP) is 2.00. The smallest absolute Gasteiger partial charge is 0.229 e. The highest BCUT2D eigenvalue weighted by Crippen LogP contribution is 2.38. The molecule has 2 heterocycles. The zero-order valence-electron chi connectivity index (χ0n) is 17.3. The van der Waals surface area contributed by atoms with Crippen molar-refractivity contribution in [3.05, 3.63) is 53.1 Å². The van der Waals surface area contributed by atoms with Crippen molar-refractivity contribution in [1.82, 2.24) is 0 Å². The lowest BCUT2D eigenvalue weighted by atomic mass is 9.95. The van der Waals surface area contributed by atoms with E-state index in [1.165, 1.54) is 6.07 Å². The Bertz CT molecular complexity index is 972. The van der Waals surface area contributed by atoms with Crippen molar-refractivity contribution in [3.63, 3.8) is 0 Å². The van der Waals surface area contributed by atoms with E-state index in [1.807, 2.05) is 6.07 Å². The van der Waals surface area contributed by atoms with Gasteiger partial charge in [-0.3, -0.25) is 4.79 Å². The van der Waals surface area contributed by atoms with Gasteiger partial charge >= 0.3 is 0 Å². The van der Waals surface area contributed by atoms with Gasteiger partial charge in [0.15, 0.2) is 5.78 Å². The highest BCUT2D eigenvalue weighted by atomic mass is 16.7. The Balaban J connectivity index is 1.55. The molecule has 8 heteroatoms. The third-order valence-corrected chi connectivity index (χ3v) is 5.82. The summed E-state index contributed by atoms with van der Waals surface area (Å²) in [5.41, 5.74) is 1.82. The Hall–Kier alpha value is -2.65. The predicted molar refractivity (Wildman–Crippen MR) is 109 cm³/mol. The van der Waals surface area contributed by atoms with Gasteiger partial charge in [0, 0.05) is 6.07 Å². The third kappa shape index (κ3) is 4.12.